The molecule has 0 atom stereocenters. The Morgan fingerprint density at radius 2 is 1.71 bits per heavy atom. The molecule has 0 unspecified atom stereocenters. The number of amides is 1. The first-order chi connectivity index (χ1) is 10.1. The lowest BCUT2D eigenvalue weighted by Crippen LogP contribution is -2.38. The molecular weight excluding hydrogens is 272 g/mol. The Kier molecular flexibility index (Phi) is 3.45. The molecule has 2 aromatic rings. The van der Waals surface area contributed by atoms with Crippen molar-refractivity contribution in [1.29, 1.82) is 0 Å². The van der Waals surface area contributed by atoms with Crippen molar-refractivity contribution in [3.05, 3.63) is 70.8 Å². The van der Waals surface area contributed by atoms with Gasteiger partial charge in [0.2, 0.25) is 0 Å². The number of hydrogen-bond donors (Lipinski definition) is 0. The Labute approximate surface area is 122 Å². The molecule has 1 aliphatic rings. The maximum Gasteiger partial charge on any atom is 0.256 e. The summed E-state index contributed by atoms with van der Waals surface area (Å²) in [4.78, 5) is 13.9. The second-order valence-corrected chi connectivity index (χ2v) is 5.37. The van der Waals surface area contributed by atoms with E-state index in [9.17, 15) is 13.6 Å². The van der Waals surface area contributed by atoms with Gasteiger partial charge >= 0.3 is 0 Å². The topological polar surface area (TPSA) is 20.3 Å². The third kappa shape index (κ3) is 2.53. The average Bonchev–Trinajstić information content (AvgIpc) is 2.89. The van der Waals surface area contributed by atoms with Gasteiger partial charge in [-0.2, -0.15) is 0 Å². The molecule has 4 heteroatoms. The largest absolute Gasteiger partial charge is 0.338 e. The van der Waals surface area contributed by atoms with E-state index in [1.807, 2.05) is 24.3 Å². The fourth-order valence-electron chi connectivity index (χ4n) is 2.83. The highest BCUT2D eigenvalue weighted by molar-refractivity contribution is 5.94. The lowest BCUT2D eigenvalue weighted by molar-refractivity contribution is 0.0733. The third-order valence-electron chi connectivity index (χ3n) is 4.06. The minimum atomic E-state index is -0.817. The minimum absolute atomic E-state index is 0.0133. The number of benzene rings is 2. The van der Waals surface area contributed by atoms with E-state index in [0.29, 0.717) is 0 Å². The second kappa shape index (κ2) is 5.28. The summed E-state index contributed by atoms with van der Waals surface area (Å²) in [5, 5.41) is 0. The molecule has 21 heavy (non-hydrogen) atoms. The Bertz CT molecular complexity index is 674. The number of carbonyl (C=O) groups is 1. The predicted octanol–water partition coefficient (Wildman–Crippen LogP) is 3.20. The zero-order valence-corrected chi connectivity index (χ0v) is 11.6. The van der Waals surface area contributed by atoms with Crippen LogP contribution in [0.1, 0.15) is 21.5 Å². The van der Waals surface area contributed by atoms with Gasteiger partial charge in [-0.15, -0.1) is 0 Å². The molecule has 0 heterocycles. The summed E-state index contributed by atoms with van der Waals surface area (Å²) in [6.45, 7) is 0. The summed E-state index contributed by atoms with van der Waals surface area (Å²) in [5.41, 5.74) is 2.36. The van der Waals surface area contributed by atoms with Crippen LogP contribution in [-0.4, -0.2) is 23.9 Å². The molecule has 3 rings (SSSR count). The van der Waals surface area contributed by atoms with E-state index in [0.717, 1.165) is 25.0 Å². The van der Waals surface area contributed by atoms with Gasteiger partial charge in [0.15, 0.2) is 0 Å². The summed E-state index contributed by atoms with van der Waals surface area (Å²) in [6.07, 6.45) is 1.53. The quantitative estimate of drug-likeness (QED) is 0.830. The first kappa shape index (κ1) is 13.7. The van der Waals surface area contributed by atoms with Crippen molar-refractivity contribution in [2.45, 2.75) is 18.9 Å². The highest BCUT2D eigenvalue weighted by Gasteiger charge is 2.28. The highest BCUT2D eigenvalue weighted by Crippen LogP contribution is 2.26. The van der Waals surface area contributed by atoms with Crippen LogP contribution < -0.4 is 0 Å². The molecule has 0 aliphatic heterocycles. The Hall–Kier alpha value is -2.23. The third-order valence-corrected chi connectivity index (χ3v) is 4.06. The number of hydrogen-bond acceptors (Lipinski definition) is 1. The van der Waals surface area contributed by atoms with Crippen molar-refractivity contribution >= 4 is 5.91 Å². The van der Waals surface area contributed by atoms with E-state index in [1.165, 1.54) is 17.2 Å². The lowest BCUT2D eigenvalue weighted by atomic mass is 10.1. The van der Waals surface area contributed by atoms with Gasteiger partial charge in [-0.1, -0.05) is 24.3 Å². The summed E-state index contributed by atoms with van der Waals surface area (Å²) in [7, 11) is 1.67. The van der Waals surface area contributed by atoms with Crippen LogP contribution in [0.3, 0.4) is 0 Å². The van der Waals surface area contributed by atoms with Crippen LogP contribution in [0.15, 0.2) is 42.5 Å². The molecule has 0 spiro atoms. The monoisotopic (exact) mass is 287 g/mol. The summed E-state index contributed by atoms with van der Waals surface area (Å²) in [6, 6.07) is 11.1. The predicted molar refractivity (Wildman–Crippen MR) is 76.1 cm³/mol. The first-order valence-corrected chi connectivity index (χ1v) is 6.85. The molecular formula is C17H15F2NO. The molecule has 108 valence electrons. The number of rotatable bonds is 2. The molecule has 0 fully saturated rings. The van der Waals surface area contributed by atoms with Crippen molar-refractivity contribution in [3.8, 4) is 0 Å². The Morgan fingerprint density at radius 1 is 1.10 bits per heavy atom. The van der Waals surface area contributed by atoms with Gasteiger partial charge in [0, 0.05) is 19.2 Å². The molecule has 0 aromatic heterocycles. The summed E-state index contributed by atoms with van der Waals surface area (Å²) in [5.74, 6) is -1.91. The van der Waals surface area contributed by atoms with E-state index in [-0.39, 0.29) is 11.6 Å². The van der Waals surface area contributed by atoms with E-state index in [1.54, 1.807) is 11.9 Å². The number of halogens is 2. The van der Waals surface area contributed by atoms with Crippen LogP contribution in [0.25, 0.3) is 0 Å². The molecule has 2 aromatic carbocycles. The molecule has 0 saturated heterocycles. The number of fused-ring (bicyclic) bond motifs is 1. The zero-order valence-electron chi connectivity index (χ0n) is 11.6. The van der Waals surface area contributed by atoms with Crippen LogP contribution in [-0.2, 0) is 12.8 Å². The van der Waals surface area contributed by atoms with Gasteiger partial charge in [-0.25, -0.2) is 8.78 Å². The van der Waals surface area contributed by atoms with Crippen molar-refractivity contribution < 1.29 is 13.6 Å². The van der Waals surface area contributed by atoms with Crippen LogP contribution in [0, 0.1) is 11.6 Å². The van der Waals surface area contributed by atoms with Crippen molar-refractivity contribution in [2.24, 2.45) is 0 Å². The van der Waals surface area contributed by atoms with Gasteiger partial charge in [0.05, 0.1) is 5.56 Å². The molecule has 0 bridgehead atoms. The highest BCUT2D eigenvalue weighted by atomic mass is 19.1. The second-order valence-electron chi connectivity index (χ2n) is 5.37. The van der Waals surface area contributed by atoms with Crippen LogP contribution in [0.5, 0.6) is 0 Å². The van der Waals surface area contributed by atoms with E-state index >= 15 is 0 Å². The molecule has 0 radical (unpaired) electrons. The Morgan fingerprint density at radius 3 is 2.29 bits per heavy atom. The van der Waals surface area contributed by atoms with Crippen LogP contribution >= 0.6 is 0 Å². The summed E-state index contributed by atoms with van der Waals surface area (Å²) < 4.78 is 26.7. The number of likely N-dealkylation sites (N-methyl/N-ethyl adjacent to an activating group) is 1. The zero-order chi connectivity index (χ0) is 15.0. The van der Waals surface area contributed by atoms with Gasteiger partial charge in [-0.3, -0.25) is 4.79 Å². The van der Waals surface area contributed by atoms with E-state index in [2.05, 4.69) is 0 Å². The molecule has 1 amide bonds. The van der Waals surface area contributed by atoms with Gasteiger partial charge in [0.1, 0.15) is 11.6 Å². The average molecular weight is 287 g/mol. The minimum Gasteiger partial charge on any atom is -0.338 e. The van der Waals surface area contributed by atoms with Gasteiger partial charge in [0.25, 0.3) is 5.91 Å². The van der Waals surface area contributed by atoms with Crippen molar-refractivity contribution in [2.75, 3.05) is 7.05 Å². The SMILES string of the molecule is CN(C(=O)c1ccc(F)cc1F)C1Cc2ccccc2C1. The van der Waals surface area contributed by atoms with Crippen LogP contribution in [0.2, 0.25) is 0 Å². The maximum atomic E-state index is 13.7. The number of carbonyl (C=O) groups excluding carboxylic acids is 1. The standard InChI is InChI=1S/C17H15F2NO/c1-20(14-8-11-4-2-3-5-12(11)9-14)17(21)15-7-6-13(18)10-16(15)19/h2-7,10,14H,8-9H2,1H3. The van der Waals surface area contributed by atoms with Gasteiger partial charge in [-0.05, 0) is 36.1 Å². The fraction of sp³-hybridized carbons (Fsp3) is 0.235. The van der Waals surface area contributed by atoms with E-state index < -0.39 is 17.5 Å². The van der Waals surface area contributed by atoms with Gasteiger partial charge < -0.3 is 4.90 Å². The summed E-state index contributed by atoms with van der Waals surface area (Å²) >= 11 is 0. The molecule has 0 saturated carbocycles. The molecule has 0 N–H and O–H groups in total. The van der Waals surface area contributed by atoms with Crippen molar-refractivity contribution in [1.82, 2.24) is 4.90 Å². The lowest BCUT2D eigenvalue weighted by Gasteiger charge is -2.24. The Balaban J connectivity index is 1.80. The fourth-order valence-corrected chi connectivity index (χ4v) is 2.83. The molecule has 2 nitrogen and oxygen atoms in total. The smallest absolute Gasteiger partial charge is 0.256 e. The normalized spacial score (nSPS) is 14.0. The maximum absolute atomic E-state index is 13.7. The first-order valence-electron chi connectivity index (χ1n) is 6.85. The molecule has 1 aliphatic carbocycles. The number of nitrogens with zero attached hydrogens (tertiary/aromatic N) is 1. The van der Waals surface area contributed by atoms with Crippen molar-refractivity contribution in [3.63, 3.8) is 0 Å². The van der Waals surface area contributed by atoms with Crippen LogP contribution in [0.4, 0.5) is 8.78 Å². The van der Waals surface area contributed by atoms with E-state index in [4.69, 9.17) is 0 Å².